The van der Waals surface area contributed by atoms with Crippen LogP contribution >= 0.6 is 15.9 Å². The molecule has 3 nitrogen and oxygen atoms in total. The molecule has 2 rings (SSSR count). The molecule has 0 aliphatic heterocycles. The van der Waals surface area contributed by atoms with Gasteiger partial charge in [0.2, 0.25) is 0 Å². The summed E-state index contributed by atoms with van der Waals surface area (Å²) in [5, 5.41) is 3.51. The third kappa shape index (κ3) is 4.99. The maximum Gasteiger partial charge on any atom is 0.167 e. The minimum Gasteiger partial charge on any atom is -0.493 e. The summed E-state index contributed by atoms with van der Waals surface area (Å²) in [6, 6.07) is 12.2. The summed E-state index contributed by atoms with van der Waals surface area (Å²) in [7, 11) is 1.67. The van der Waals surface area contributed by atoms with Crippen molar-refractivity contribution in [3.05, 3.63) is 57.6 Å². The Morgan fingerprint density at radius 2 is 1.79 bits per heavy atom. The van der Waals surface area contributed by atoms with Gasteiger partial charge in [-0.1, -0.05) is 40.2 Å². The van der Waals surface area contributed by atoms with Crippen LogP contribution in [0, 0.1) is 6.92 Å². The lowest BCUT2D eigenvalue weighted by atomic mass is 10.1. The SMILES string of the molecule is COc1ccc(Br)c(CNC(C)(C)C)c1OCc1ccccc1C. The van der Waals surface area contributed by atoms with Gasteiger partial charge in [0.15, 0.2) is 11.5 Å². The first-order valence-corrected chi connectivity index (χ1v) is 8.89. The molecule has 0 saturated carbocycles. The molecule has 0 fully saturated rings. The second-order valence-corrected chi connectivity index (χ2v) is 7.73. The predicted octanol–water partition coefficient (Wildman–Crippen LogP) is 5.23. The molecule has 4 heteroatoms. The summed E-state index contributed by atoms with van der Waals surface area (Å²) in [4.78, 5) is 0. The fraction of sp³-hybridized carbons (Fsp3) is 0.400. The summed E-state index contributed by atoms with van der Waals surface area (Å²) in [5.41, 5.74) is 3.49. The second-order valence-electron chi connectivity index (χ2n) is 6.88. The smallest absolute Gasteiger partial charge is 0.167 e. The van der Waals surface area contributed by atoms with E-state index in [-0.39, 0.29) is 5.54 Å². The molecule has 0 aliphatic carbocycles. The van der Waals surface area contributed by atoms with Crippen LogP contribution in [0.2, 0.25) is 0 Å². The van der Waals surface area contributed by atoms with Crippen LogP contribution in [-0.2, 0) is 13.2 Å². The topological polar surface area (TPSA) is 30.5 Å². The molecule has 0 atom stereocenters. The summed E-state index contributed by atoms with van der Waals surface area (Å²) in [6.07, 6.45) is 0. The van der Waals surface area contributed by atoms with Crippen molar-refractivity contribution < 1.29 is 9.47 Å². The molecule has 24 heavy (non-hydrogen) atoms. The zero-order valence-corrected chi connectivity index (χ0v) is 16.7. The maximum atomic E-state index is 6.18. The molecular weight excluding hydrogens is 366 g/mol. The van der Waals surface area contributed by atoms with E-state index in [1.807, 2.05) is 24.3 Å². The van der Waals surface area contributed by atoms with Gasteiger partial charge in [-0.15, -0.1) is 0 Å². The van der Waals surface area contributed by atoms with Crippen LogP contribution in [-0.4, -0.2) is 12.6 Å². The number of rotatable bonds is 6. The van der Waals surface area contributed by atoms with Gasteiger partial charge in [0.05, 0.1) is 7.11 Å². The summed E-state index contributed by atoms with van der Waals surface area (Å²) in [5.74, 6) is 1.53. The Morgan fingerprint density at radius 1 is 1.08 bits per heavy atom. The van der Waals surface area contributed by atoms with E-state index in [0.717, 1.165) is 21.5 Å². The van der Waals surface area contributed by atoms with Gasteiger partial charge in [-0.2, -0.15) is 0 Å². The first-order valence-electron chi connectivity index (χ1n) is 8.09. The van der Waals surface area contributed by atoms with E-state index in [2.05, 4.69) is 61.1 Å². The van der Waals surface area contributed by atoms with Gasteiger partial charge in [0.1, 0.15) is 6.61 Å². The molecule has 0 saturated heterocycles. The molecule has 0 unspecified atom stereocenters. The average molecular weight is 392 g/mol. The first kappa shape index (κ1) is 18.8. The molecule has 2 aromatic carbocycles. The molecule has 0 amide bonds. The van der Waals surface area contributed by atoms with Crippen molar-refractivity contribution in [2.75, 3.05) is 7.11 Å². The molecule has 2 aromatic rings. The van der Waals surface area contributed by atoms with E-state index in [1.54, 1.807) is 7.11 Å². The minimum absolute atomic E-state index is 0.0236. The molecule has 0 spiro atoms. The number of nitrogens with one attached hydrogen (secondary N) is 1. The van der Waals surface area contributed by atoms with Gasteiger partial charge in [0, 0.05) is 22.1 Å². The van der Waals surface area contributed by atoms with Gasteiger partial charge in [-0.25, -0.2) is 0 Å². The Labute approximate surface area is 153 Å². The highest BCUT2D eigenvalue weighted by atomic mass is 79.9. The normalized spacial score (nSPS) is 11.4. The van der Waals surface area contributed by atoms with Crippen molar-refractivity contribution in [2.45, 2.75) is 46.4 Å². The number of hydrogen-bond acceptors (Lipinski definition) is 3. The molecular formula is C20H26BrNO2. The van der Waals surface area contributed by atoms with E-state index in [1.165, 1.54) is 11.1 Å². The highest BCUT2D eigenvalue weighted by Crippen LogP contribution is 2.37. The van der Waals surface area contributed by atoms with Gasteiger partial charge in [0.25, 0.3) is 0 Å². The predicted molar refractivity (Wildman–Crippen MR) is 103 cm³/mol. The number of benzene rings is 2. The molecule has 0 radical (unpaired) electrons. The largest absolute Gasteiger partial charge is 0.493 e. The number of hydrogen-bond donors (Lipinski definition) is 1. The lowest BCUT2D eigenvalue weighted by molar-refractivity contribution is 0.278. The maximum absolute atomic E-state index is 6.18. The van der Waals surface area contributed by atoms with Crippen LogP contribution in [0.25, 0.3) is 0 Å². The van der Waals surface area contributed by atoms with Crippen molar-refractivity contribution in [1.82, 2.24) is 5.32 Å². The summed E-state index contributed by atoms with van der Waals surface area (Å²) < 4.78 is 12.7. The van der Waals surface area contributed by atoms with Crippen LogP contribution in [0.1, 0.15) is 37.5 Å². The number of aryl methyl sites for hydroxylation is 1. The van der Waals surface area contributed by atoms with Crippen LogP contribution in [0.4, 0.5) is 0 Å². The number of halogens is 1. The standard InChI is InChI=1S/C20H26BrNO2/c1-14-8-6-7-9-15(14)13-24-19-16(12-22-20(2,3)4)17(21)10-11-18(19)23-5/h6-11,22H,12-13H2,1-5H3. The van der Waals surface area contributed by atoms with Crippen LogP contribution in [0.3, 0.4) is 0 Å². The summed E-state index contributed by atoms with van der Waals surface area (Å²) >= 11 is 3.64. The Bertz CT molecular complexity index is 693. The highest BCUT2D eigenvalue weighted by molar-refractivity contribution is 9.10. The van der Waals surface area contributed by atoms with E-state index in [4.69, 9.17) is 9.47 Å². The Kier molecular flexibility index (Phi) is 6.30. The Hall–Kier alpha value is -1.52. The summed E-state index contributed by atoms with van der Waals surface area (Å²) in [6.45, 7) is 9.75. The van der Waals surface area contributed by atoms with E-state index in [0.29, 0.717) is 13.2 Å². The Balaban J connectivity index is 2.28. The average Bonchev–Trinajstić information content (AvgIpc) is 2.52. The molecule has 130 valence electrons. The lowest BCUT2D eigenvalue weighted by Gasteiger charge is -2.23. The van der Waals surface area contributed by atoms with E-state index in [9.17, 15) is 0 Å². The number of methoxy groups -OCH3 is 1. The van der Waals surface area contributed by atoms with Gasteiger partial charge in [-0.3, -0.25) is 0 Å². The van der Waals surface area contributed by atoms with E-state index >= 15 is 0 Å². The van der Waals surface area contributed by atoms with Gasteiger partial charge in [-0.05, 0) is 51.0 Å². The molecule has 0 aromatic heterocycles. The second kappa shape index (κ2) is 8.04. The molecule has 0 heterocycles. The third-order valence-corrected chi connectivity index (χ3v) is 4.56. The van der Waals surface area contributed by atoms with Crippen molar-refractivity contribution >= 4 is 15.9 Å². The van der Waals surface area contributed by atoms with Gasteiger partial charge < -0.3 is 14.8 Å². The zero-order valence-electron chi connectivity index (χ0n) is 15.1. The van der Waals surface area contributed by atoms with Crippen molar-refractivity contribution in [1.29, 1.82) is 0 Å². The van der Waals surface area contributed by atoms with E-state index < -0.39 is 0 Å². The minimum atomic E-state index is 0.0236. The van der Waals surface area contributed by atoms with Crippen LogP contribution in [0.15, 0.2) is 40.9 Å². The fourth-order valence-corrected chi connectivity index (χ4v) is 2.79. The van der Waals surface area contributed by atoms with Crippen LogP contribution in [0.5, 0.6) is 11.5 Å². The highest BCUT2D eigenvalue weighted by Gasteiger charge is 2.17. The Morgan fingerprint density at radius 3 is 2.42 bits per heavy atom. The lowest BCUT2D eigenvalue weighted by Crippen LogP contribution is -2.35. The molecule has 1 N–H and O–H groups in total. The molecule has 0 aliphatic rings. The first-order chi connectivity index (χ1) is 11.3. The van der Waals surface area contributed by atoms with Crippen molar-refractivity contribution in [2.24, 2.45) is 0 Å². The monoisotopic (exact) mass is 391 g/mol. The van der Waals surface area contributed by atoms with Crippen LogP contribution < -0.4 is 14.8 Å². The quantitative estimate of drug-likeness (QED) is 0.730. The van der Waals surface area contributed by atoms with Crippen molar-refractivity contribution in [3.8, 4) is 11.5 Å². The third-order valence-electron chi connectivity index (χ3n) is 3.82. The fourth-order valence-electron chi connectivity index (χ4n) is 2.34. The molecule has 0 bridgehead atoms. The van der Waals surface area contributed by atoms with Gasteiger partial charge >= 0.3 is 0 Å². The van der Waals surface area contributed by atoms with Crippen molar-refractivity contribution in [3.63, 3.8) is 0 Å². The number of ether oxygens (including phenoxy) is 2. The zero-order chi connectivity index (χ0) is 17.7.